The van der Waals surface area contributed by atoms with Crippen LogP contribution in [0.5, 0.6) is 0 Å². The smallest absolute Gasteiger partial charge is 0.428 e. The Bertz CT molecular complexity index is 144. The second-order valence-corrected chi connectivity index (χ2v) is 1.15. The van der Waals surface area contributed by atoms with E-state index in [1.807, 2.05) is 0 Å². The molecule has 1 aliphatic heterocycles. The number of hydrogen-bond donors (Lipinski definition) is 0. The molecule has 1 rings (SSSR count). The van der Waals surface area contributed by atoms with Crippen molar-refractivity contribution in [3.63, 3.8) is 0 Å². The molecule has 0 aromatic rings. The molecule has 0 saturated heterocycles. The summed E-state index contributed by atoms with van der Waals surface area (Å²) in [5.74, 6) is 0.292. The molecule has 0 aromatic heterocycles. The van der Waals surface area contributed by atoms with E-state index in [-0.39, 0.29) is 0 Å². The van der Waals surface area contributed by atoms with Crippen molar-refractivity contribution >= 4 is 5.90 Å². The number of hydrogen-bond acceptors (Lipinski definition) is 1. The molecule has 1 heterocycles. The van der Waals surface area contributed by atoms with Crippen LogP contribution in [0.3, 0.4) is 0 Å². The molecule has 1 aliphatic rings. The van der Waals surface area contributed by atoms with Crippen LogP contribution >= 0.6 is 0 Å². The highest BCUT2D eigenvalue weighted by atomic mass is 16.5. The molecule has 0 spiro atoms. The molecule has 7 heavy (non-hydrogen) atoms. The van der Waals surface area contributed by atoms with Crippen LogP contribution in [0.4, 0.5) is 0 Å². The summed E-state index contributed by atoms with van der Waals surface area (Å²) in [6, 6.07) is 0. The van der Waals surface area contributed by atoms with E-state index in [9.17, 15) is 0 Å². The Hall–Kier alpha value is -1.08. The van der Waals surface area contributed by atoms with E-state index in [0.717, 1.165) is 0 Å². The summed E-state index contributed by atoms with van der Waals surface area (Å²) in [4.78, 5) is 2.80. The lowest BCUT2D eigenvalue weighted by Crippen LogP contribution is -1.92. The van der Waals surface area contributed by atoms with Gasteiger partial charge in [-0.15, -0.1) is 4.79 Å². The Labute approximate surface area is 40.8 Å². The predicted octanol–water partition coefficient (Wildman–Crippen LogP) is 0.201. The van der Waals surface area contributed by atoms with Crippen molar-refractivity contribution in [2.75, 3.05) is 6.61 Å². The molecule has 0 unspecified atom stereocenters. The average molecular weight is 96.1 g/mol. The highest BCUT2D eigenvalue weighted by molar-refractivity contribution is 5.84. The molecule has 0 aliphatic carbocycles. The van der Waals surface area contributed by atoms with Gasteiger partial charge >= 0.3 is 5.90 Å². The minimum Gasteiger partial charge on any atom is -0.428 e. The van der Waals surface area contributed by atoms with Gasteiger partial charge in [0.25, 0.3) is 0 Å². The van der Waals surface area contributed by atoms with Crippen LogP contribution in [0.25, 0.3) is 5.53 Å². The first-order chi connectivity index (χ1) is 3.43. The van der Waals surface area contributed by atoms with Gasteiger partial charge in [-0.1, -0.05) is 0 Å². The average Bonchev–Trinajstić information content (AvgIpc) is 2.14. The predicted molar refractivity (Wildman–Crippen MR) is 23.7 cm³/mol. The third-order valence-electron chi connectivity index (χ3n) is 0.686. The third-order valence-corrected chi connectivity index (χ3v) is 0.686. The van der Waals surface area contributed by atoms with E-state index < -0.39 is 0 Å². The fraction of sp³-hybridized carbons (Fsp3) is 0.250. The SMILES string of the molecule is [N-]=[N+]=C1C=CCO1. The van der Waals surface area contributed by atoms with Gasteiger partial charge in [0.2, 0.25) is 0 Å². The minimum atomic E-state index is 0.292. The van der Waals surface area contributed by atoms with E-state index in [0.29, 0.717) is 12.5 Å². The van der Waals surface area contributed by atoms with Crippen molar-refractivity contribution in [1.29, 1.82) is 0 Å². The maximum absolute atomic E-state index is 7.98. The van der Waals surface area contributed by atoms with Gasteiger partial charge in [-0.05, 0) is 6.08 Å². The summed E-state index contributed by atoms with van der Waals surface area (Å²) in [7, 11) is 0. The van der Waals surface area contributed by atoms with Gasteiger partial charge in [-0.25, -0.2) is 0 Å². The van der Waals surface area contributed by atoms with Gasteiger partial charge in [0.1, 0.15) is 6.61 Å². The van der Waals surface area contributed by atoms with Crippen LogP contribution in [-0.2, 0) is 4.74 Å². The van der Waals surface area contributed by atoms with Gasteiger partial charge in [0, 0.05) is 0 Å². The van der Waals surface area contributed by atoms with Crippen molar-refractivity contribution in [2.45, 2.75) is 0 Å². The second kappa shape index (κ2) is 1.58. The van der Waals surface area contributed by atoms with E-state index in [2.05, 4.69) is 4.79 Å². The summed E-state index contributed by atoms with van der Waals surface area (Å²) in [6.45, 7) is 0.527. The molecule has 0 amide bonds. The molecule has 36 valence electrons. The summed E-state index contributed by atoms with van der Waals surface area (Å²) >= 11 is 0. The maximum atomic E-state index is 7.98. The first-order valence-corrected chi connectivity index (χ1v) is 1.95. The van der Waals surface area contributed by atoms with Crippen molar-refractivity contribution in [2.24, 2.45) is 0 Å². The summed E-state index contributed by atoms with van der Waals surface area (Å²) in [5.41, 5.74) is 7.98. The Morgan fingerprint density at radius 2 is 2.71 bits per heavy atom. The lowest BCUT2D eigenvalue weighted by molar-refractivity contribution is -0.0329. The molecule has 3 nitrogen and oxygen atoms in total. The molecule has 0 fully saturated rings. The summed E-state index contributed by atoms with van der Waals surface area (Å²) < 4.78 is 4.69. The standard InChI is InChI=1S/C4H4N2O/c5-6-4-2-1-3-7-4/h1-2H,3H2. The van der Waals surface area contributed by atoms with Gasteiger partial charge < -0.3 is 10.3 Å². The lowest BCUT2D eigenvalue weighted by atomic mass is 10.6. The van der Waals surface area contributed by atoms with E-state index in [1.54, 1.807) is 12.2 Å². The van der Waals surface area contributed by atoms with Crippen molar-refractivity contribution < 1.29 is 9.53 Å². The Morgan fingerprint density at radius 1 is 1.86 bits per heavy atom. The Kier molecular flexibility index (Phi) is 0.922. The zero-order valence-electron chi connectivity index (χ0n) is 3.66. The van der Waals surface area contributed by atoms with Gasteiger partial charge in [-0.2, -0.15) is 0 Å². The monoisotopic (exact) mass is 96.0 g/mol. The van der Waals surface area contributed by atoms with Crippen LogP contribution in [0.2, 0.25) is 0 Å². The Balaban J connectivity index is 2.77. The molecule has 0 N–H and O–H groups in total. The molecule has 0 radical (unpaired) electrons. The van der Waals surface area contributed by atoms with Crippen molar-refractivity contribution in [3.8, 4) is 0 Å². The number of rotatable bonds is 0. The van der Waals surface area contributed by atoms with Gasteiger partial charge in [-0.3, -0.25) is 0 Å². The van der Waals surface area contributed by atoms with Gasteiger partial charge in [0.05, 0.1) is 6.08 Å². The zero-order valence-corrected chi connectivity index (χ0v) is 3.66. The largest absolute Gasteiger partial charge is 0.475 e. The maximum Gasteiger partial charge on any atom is 0.475 e. The first-order valence-electron chi connectivity index (χ1n) is 1.95. The van der Waals surface area contributed by atoms with Crippen LogP contribution in [0.15, 0.2) is 12.2 Å². The van der Waals surface area contributed by atoms with E-state index >= 15 is 0 Å². The van der Waals surface area contributed by atoms with E-state index in [1.165, 1.54) is 0 Å². The first kappa shape index (κ1) is 4.09. The molecule has 0 bridgehead atoms. The Morgan fingerprint density at radius 3 is 3.00 bits per heavy atom. The van der Waals surface area contributed by atoms with E-state index in [4.69, 9.17) is 10.3 Å². The highest BCUT2D eigenvalue weighted by Gasteiger charge is 2.06. The molecule has 3 heteroatoms. The van der Waals surface area contributed by atoms with Crippen LogP contribution in [0.1, 0.15) is 0 Å². The van der Waals surface area contributed by atoms with Crippen LogP contribution < -0.4 is 0 Å². The summed E-state index contributed by atoms with van der Waals surface area (Å²) in [6.07, 6.45) is 3.38. The van der Waals surface area contributed by atoms with Crippen LogP contribution in [-0.4, -0.2) is 17.3 Å². The number of nitrogens with zero attached hydrogens (tertiary/aromatic N) is 2. The molecular formula is C4H4N2O. The molecule has 0 atom stereocenters. The fourth-order valence-corrected chi connectivity index (χ4v) is 0.393. The molecule has 0 aromatic carbocycles. The zero-order chi connectivity index (χ0) is 5.11. The highest BCUT2D eigenvalue weighted by Crippen LogP contribution is 1.89. The third kappa shape index (κ3) is 0.669. The lowest BCUT2D eigenvalue weighted by Gasteiger charge is -1.78. The summed E-state index contributed by atoms with van der Waals surface area (Å²) in [5, 5.41) is 0. The minimum absolute atomic E-state index is 0.292. The molecule has 0 saturated carbocycles. The number of ether oxygens (including phenoxy) is 1. The van der Waals surface area contributed by atoms with Gasteiger partial charge in [0.15, 0.2) is 0 Å². The molecular weight excluding hydrogens is 92.1 g/mol. The normalized spacial score (nSPS) is 16.3. The van der Waals surface area contributed by atoms with Crippen LogP contribution in [0, 0.1) is 0 Å². The quantitative estimate of drug-likeness (QED) is 0.314. The fourth-order valence-electron chi connectivity index (χ4n) is 0.393. The second-order valence-electron chi connectivity index (χ2n) is 1.15. The van der Waals surface area contributed by atoms with Crippen molar-refractivity contribution in [3.05, 3.63) is 17.7 Å². The topological polar surface area (TPSA) is 45.6 Å². The van der Waals surface area contributed by atoms with Crippen molar-refractivity contribution in [1.82, 2.24) is 0 Å².